The fraction of sp³-hybridized carbons (Fsp3) is 0.438. The van der Waals surface area contributed by atoms with Gasteiger partial charge < -0.3 is 10.6 Å². The Labute approximate surface area is 115 Å². The number of nitrogens with zero attached hydrogens (tertiary/aromatic N) is 1. The first-order chi connectivity index (χ1) is 9.27. The van der Waals surface area contributed by atoms with E-state index in [1.807, 2.05) is 12.3 Å². The van der Waals surface area contributed by atoms with Crippen LogP contribution in [0.1, 0.15) is 25.8 Å². The Morgan fingerprint density at radius 2 is 1.95 bits per heavy atom. The SMILES string of the molecule is CC(C)NCCCNCc1cccc2cccnc12. The number of hydrogen-bond acceptors (Lipinski definition) is 3. The summed E-state index contributed by atoms with van der Waals surface area (Å²) >= 11 is 0. The van der Waals surface area contributed by atoms with Crippen molar-refractivity contribution in [3.8, 4) is 0 Å². The maximum absolute atomic E-state index is 4.47. The summed E-state index contributed by atoms with van der Waals surface area (Å²) < 4.78 is 0. The van der Waals surface area contributed by atoms with Crippen molar-refractivity contribution in [3.05, 3.63) is 42.1 Å². The number of rotatable bonds is 7. The number of hydrogen-bond donors (Lipinski definition) is 2. The van der Waals surface area contributed by atoms with Gasteiger partial charge in [0.1, 0.15) is 0 Å². The van der Waals surface area contributed by atoms with Crippen molar-refractivity contribution >= 4 is 10.9 Å². The summed E-state index contributed by atoms with van der Waals surface area (Å²) in [7, 11) is 0. The molecule has 0 atom stereocenters. The van der Waals surface area contributed by atoms with Crippen LogP contribution in [0.3, 0.4) is 0 Å². The van der Waals surface area contributed by atoms with E-state index < -0.39 is 0 Å². The summed E-state index contributed by atoms with van der Waals surface area (Å²) in [4.78, 5) is 4.47. The van der Waals surface area contributed by atoms with E-state index in [0.717, 1.165) is 31.6 Å². The lowest BCUT2D eigenvalue weighted by atomic mass is 10.1. The highest BCUT2D eigenvalue weighted by Gasteiger charge is 2.00. The Balaban J connectivity index is 1.82. The minimum Gasteiger partial charge on any atom is -0.314 e. The van der Waals surface area contributed by atoms with Gasteiger partial charge in [0.2, 0.25) is 0 Å². The Morgan fingerprint density at radius 1 is 1.11 bits per heavy atom. The largest absolute Gasteiger partial charge is 0.314 e. The zero-order valence-electron chi connectivity index (χ0n) is 11.8. The van der Waals surface area contributed by atoms with E-state index in [2.05, 4.69) is 53.7 Å². The normalized spacial score (nSPS) is 11.3. The van der Waals surface area contributed by atoms with Gasteiger partial charge in [-0.15, -0.1) is 0 Å². The maximum Gasteiger partial charge on any atom is 0.0746 e. The second kappa shape index (κ2) is 7.22. The molecule has 0 unspecified atom stereocenters. The third-order valence-electron chi connectivity index (χ3n) is 3.11. The van der Waals surface area contributed by atoms with E-state index in [1.165, 1.54) is 10.9 Å². The highest BCUT2D eigenvalue weighted by atomic mass is 14.9. The molecule has 2 rings (SSSR count). The van der Waals surface area contributed by atoms with Crippen LogP contribution >= 0.6 is 0 Å². The maximum atomic E-state index is 4.47. The molecule has 0 aliphatic heterocycles. The van der Waals surface area contributed by atoms with Crippen LogP contribution in [-0.4, -0.2) is 24.1 Å². The smallest absolute Gasteiger partial charge is 0.0746 e. The van der Waals surface area contributed by atoms with Crippen LogP contribution in [0, 0.1) is 0 Å². The molecule has 0 radical (unpaired) electrons. The number of benzene rings is 1. The van der Waals surface area contributed by atoms with Crippen molar-refractivity contribution in [1.29, 1.82) is 0 Å². The molecule has 0 saturated carbocycles. The van der Waals surface area contributed by atoms with E-state index in [9.17, 15) is 0 Å². The number of aromatic nitrogens is 1. The van der Waals surface area contributed by atoms with Gasteiger partial charge in [-0.25, -0.2) is 0 Å². The van der Waals surface area contributed by atoms with Crippen LogP contribution in [0.2, 0.25) is 0 Å². The Bertz CT molecular complexity index is 503. The average Bonchev–Trinajstić information content (AvgIpc) is 2.42. The van der Waals surface area contributed by atoms with Crippen molar-refractivity contribution in [1.82, 2.24) is 15.6 Å². The molecule has 2 aromatic rings. The van der Waals surface area contributed by atoms with Crippen molar-refractivity contribution in [3.63, 3.8) is 0 Å². The lowest BCUT2D eigenvalue weighted by Crippen LogP contribution is -2.26. The highest BCUT2D eigenvalue weighted by molar-refractivity contribution is 5.81. The summed E-state index contributed by atoms with van der Waals surface area (Å²) in [6.07, 6.45) is 3.01. The molecular weight excluding hydrogens is 234 g/mol. The van der Waals surface area contributed by atoms with Crippen molar-refractivity contribution < 1.29 is 0 Å². The minimum atomic E-state index is 0.572. The zero-order chi connectivity index (χ0) is 13.5. The standard InChI is InChI=1S/C16H23N3/c1-13(2)18-11-5-9-17-12-15-7-3-6-14-8-4-10-19-16(14)15/h3-4,6-8,10,13,17-18H,5,9,11-12H2,1-2H3. The molecule has 0 saturated heterocycles. The summed E-state index contributed by atoms with van der Waals surface area (Å²) in [5, 5.41) is 8.12. The molecule has 1 aromatic heterocycles. The third kappa shape index (κ3) is 4.30. The molecule has 102 valence electrons. The number of fused-ring (bicyclic) bond motifs is 1. The Hall–Kier alpha value is -1.45. The summed E-state index contributed by atoms with van der Waals surface area (Å²) in [6, 6.07) is 11.0. The van der Waals surface area contributed by atoms with E-state index in [0.29, 0.717) is 6.04 Å². The molecule has 3 nitrogen and oxygen atoms in total. The molecule has 1 heterocycles. The molecule has 3 heteroatoms. The van der Waals surface area contributed by atoms with Gasteiger partial charge in [-0.2, -0.15) is 0 Å². The first kappa shape index (κ1) is 14.0. The predicted molar refractivity (Wildman–Crippen MR) is 81.2 cm³/mol. The van der Waals surface area contributed by atoms with Gasteiger partial charge in [-0.05, 0) is 31.1 Å². The van der Waals surface area contributed by atoms with Gasteiger partial charge in [0.05, 0.1) is 5.52 Å². The molecule has 0 bridgehead atoms. The fourth-order valence-electron chi connectivity index (χ4n) is 2.14. The van der Waals surface area contributed by atoms with Crippen LogP contribution < -0.4 is 10.6 Å². The van der Waals surface area contributed by atoms with Crippen LogP contribution in [0.4, 0.5) is 0 Å². The third-order valence-corrected chi connectivity index (χ3v) is 3.11. The Morgan fingerprint density at radius 3 is 2.79 bits per heavy atom. The first-order valence-electron chi connectivity index (χ1n) is 7.04. The van der Waals surface area contributed by atoms with Crippen LogP contribution in [0.25, 0.3) is 10.9 Å². The van der Waals surface area contributed by atoms with Crippen LogP contribution in [0.5, 0.6) is 0 Å². The van der Waals surface area contributed by atoms with Gasteiger partial charge in [0.15, 0.2) is 0 Å². The second-order valence-corrected chi connectivity index (χ2v) is 5.13. The van der Waals surface area contributed by atoms with Crippen molar-refractivity contribution in [2.45, 2.75) is 32.9 Å². The zero-order valence-corrected chi connectivity index (χ0v) is 11.8. The molecular formula is C16H23N3. The monoisotopic (exact) mass is 257 g/mol. The number of para-hydroxylation sites is 1. The molecule has 0 spiro atoms. The second-order valence-electron chi connectivity index (χ2n) is 5.13. The summed E-state index contributed by atoms with van der Waals surface area (Å²) in [5.74, 6) is 0. The summed E-state index contributed by atoms with van der Waals surface area (Å²) in [5.41, 5.74) is 2.38. The average molecular weight is 257 g/mol. The van der Waals surface area contributed by atoms with E-state index in [1.54, 1.807) is 0 Å². The molecule has 0 amide bonds. The molecule has 0 fully saturated rings. The molecule has 0 aliphatic carbocycles. The van der Waals surface area contributed by atoms with Crippen molar-refractivity contribution in [2.24, 2.45) is 0 Å². The van der Waals surface area contributed by atoms with E-state index in [-0.39, 0.29) is 0 Å². The lowest BCUT2D eigenvalue weighted by molar-refractivity contribution is 0.548. The fourth-order valence-corrected chi connectivity index (χ4v) is 2.14. The molecule has 19 heavy (non-hydrogen) atoms. The van der Waals surface area contributed by atoms with Gasteiger partial charge in [0.25, 0.3) is 0 Å². The van der Waals surface area contributed by atoms with E-state index >= 15 is 0 Å². The van der Waals surface area contributed by atoms with Gasteiger partial charge in [0, 0.05) is 24.2 Å². The lowest BCUT2D eigenvalue weighted by Gasteiger charge is -2.09. The van der Waals surface area contributed by atoms with Gasteiger partial charge >= 0.3 is 0 Å². The van der Waals surface area contributed by atoms with Gasteiger partial charge in [-0.1, -0.05) is 38.1 Å². The predicted octanol–water partition coefficient (Wildman–Crippen LogP) is 2.71. The topological polar surface area (TPSA) is 37.0 Å². The van der Waals surface area contributed by atoms with Crippen molar-refractivity contribution in [2.75, 3.05) is 13.1 Å². The summed E-state index contributed by atoms with van der Waals surface area (Å²) in [6.45, 7) is 7.34. The molecule has 2 N–H and O–H groups in total. The van der Waals surface area contributed by atoms with Gasteiger partial charge in [-0.3, -0.25) is 4.98 Å². The number of nitrogens with one attached hydrogen (secondary N) is 2. The highest BCUT2D eigenvalue weighted by Crippen LogP contribution is 2.15. The minimum absolute atomic E-state index is 0.572. The quantitative estimate of drug-likeness (QED) is 0.749. The first-order valence-corrected chi connectivity index (χ1v) is 7.04. The molecule has 0 aliphatic rings. The number of pyridine rings is 1. The van der Waals surface area contributed by atoms with E-state index in [4.69, 9.17) is 0 Å². The van der Waals surface area contributed by atoms with Crippen LogP contribution in [-0.2, 0) is 6.54 Å². The Kier molecular flexibility index (Phi) is 5.31. The van der Waals surface area contributed by atoms with Crippen LogP contribution in [0.15, 0.2) is 36.5 Å². The molecule has 1 aromatic carbocycles.